The van der Waals surface area contributed by atoms with Crippen LogP contribution in [0.4, 0.5) is 0 Å². The molecule has 0 N–H and O–H groups in total. The van der Waals surface area contributed by atoms with Crippen molar-refractivity contribution >= 4 is 130 Å². The Morgan fingerprint density at radius 2 is 0.443 bits per heavy atom. The number of hydrogen-bond acceptors (Lipinski definition) is 0. The van der Waals surface area contributed by atoms with Gasteiger partial charge in [-0.2, -0.15) is 0 Å². The van der Waals surface area contributed by atoms with Crippen LogP contribution in [0.5, 0.6) is 0 Å². The number of nitrogens with zero attached hydrogens (tertiary/aromatic N) is 4. The van der Waals surface area contributed by atoms with Crippen LogP contribution in [0.3, 0.4) is 0 Å². The molecule has 0 saturated heterocycles. The van der Waals surface area contributed by atoms with Gasteiger partial charge in [0, 0.05) is 88.8 Å². The number of aromatic nitrogens is 4. The lowest BCUT2D eigenvalue weighted by Crippen LogP contribution is -1.97. The van der Waals surface area contributed by atoms with Crippen LogP contribution in [0.2, 0.25) is 0 Å². The fourth-order valence-electron chi connectivity index (χ4n) is 21.2. The summed E-state index contributed by atoms with van der Waals surface area (Å²) in [7, 11) is 0. The summed E-state index contributed by atoms with van der Waals surface area (Å²) in [5.74, 6) is 0. The third-order valence-corrected chi connectivity index (χ3v) is 26.1. The molecule has 0 saturated carbocycles. The molecule has 0 fully saturated rings. The van der Waals surface area contributed by atoms with Crippen molar-refractivity contribution in [3.05, 3.63) is 437 Å². The van der Waals surface area contributed by atoms with Crippen LogP contribution in [0.15, 0.2) is 437 Å². The van der Waals surface area contributed by atoms with Crippen molar-refractivity contribution in [2.24, 2.45) is 0 Å². The average Bonchev–Trinajstić information content (AvgIpc) is 1.54. The summed E-state index contributed by atoms with van der Waals surface area (Å²) >= 11 is 0. The first kappa shape index (κ1) is 63.1. The van der Waals surface area contributed by atoms with Crippen molar-refractivity contribution in [3.63, 3.8) is 0 Å². The highest BCUT2D eigenvalue weighted by atomic mass is 15.0. The topological polar surface area (TPSA) is 19.7 Å². The largest absolute Gasteiger partial charge is 0.309 e. The minimum Gasteiger partial charge on any atom is -0.309 e. The van der Waals surface area contributed by atoms with Gasteiger partial charge in [-0.05, 0) is 192 Å². The summed E-state index contributed by atoms with van der Waals surface area (Å²) < 4.78 is 50.7. The second-order valence-electron chi connectivity index (χ2n) is 32.4. The summed E-state index contributed by atoms with van der Waals surface area (Å²) in [5.41, 5.74) is 30.9. The SMILES string of the molecule is [2H]c1c([2H])c([2H])c(-n2c3c(c4ccccc42)-c2cccc4cccc-3c24)c([2H])c1[2H].c1cc2c3c(cccc3c1)-c1c-2c2ccccc2n1-c1ccc2c3ccccc3c3ccccc3c2c1.c1ccc(-c2ccc(-n3c4c(c5ccccc53)-c3cccc5cccc-4c35)cc2)cc1.c1ccc2cc(-n3c4c(c5ccccc53)-c3cccc5cccc-4c35)ccc2c1. The number of para-hydroxylation sites is 5. The highest BCUT2D eigenvalue weighted by molar-refractivity contribution is 6.29. The summed E-state index contributed by atoms with van der Waals surface area (Å²) in [4.78, 5) is 0. The molecule has 0 aliphatic heterocycles. The van der Waals surface area contributed by atoms with Crippen molar-refractivity contribution in [1.82, 2.24) is 18.3 Å². The zero-order valence-electron chi connectivity index (χ0n) is 71.0. The molecule has 0 unspecified atom stereocenters. The average molecular weight is 1550 g/mol. The van der Waals surface area contributed by atoms with Gasteiger partial charge in [0.1, 0.15) is 0 Å². The van der Waals surface area contributed by atoms with Crippen molar-refractivity contribution in [2.45, 2.75) is 0 Å². The Kier molecular flexibility index (Phi) is 13.8. The Hall–Kier alpha value is -16.1. The fourth-order valence-corrected chi connectivity index (χ4v) is 21.2. The fraction of sp³-hybridized carbons (Fsp3) is 0. The maximum atomic E-state index is 8.56. The molecule has 0 bridgehead atoms. The summed E-state index contributed by atoms with van der Waals surface area (Å²) in [5, 5.41) is 25.6. The monoisotopic (exact) mass is 1550 g/mol. The molecule has 564 valence electrons. The van der Waals surface area contributed by atoms with Crippen LogP contribution in [0, 0.1) is 0 Å². The lowest BCUT2D eigenvalue weighted by molar-refractivity contribution is 1.14. The molecule has 4 aromatic heterocycles. The molecule has 0 spiro atoms. The van der Waals surface area contributed by atoms with Crippen LogP contribution in [-0.2, 0) is 0 Å². The first-order chi connectivity index (χ1) is 62.7. The predicted octanol–water partition coefficient (Wildman–Crippen LogP) is 32.0. The molecule has 21 aromatic carbocycles. The molecule has 4 aliphatic rings. The molecule has 0 radical (unpaired) electrons. The Balaban J connectivity index is 0.0000000903. The summed E-state index contributed by atoms with van der Waals surface area (Å²) in [6.07, 6.45) is 0. The third-order valence-electron chi connectivity index (χ3n) is 26.1. The Labute approximate surface area is 710 Å². The number of fused-ring (bicyclic) bond motifs is 27. The highest BCUT2D eigenvalue weighted by Crippen LogP contribution is 2.58. The normalized spacial score (nSPS) is 12.7. The van der Waals surface area contributed by atoms with Gasteiger partial charge in [-0.15, -0.1) is 0 Å². The van der Waals surface area contributed by atoms with E-state index in [2.05, 4.69) is 378 Å². The van der Waals surface area contributed by atoms with E-state index in [1.54, 1.807) is 0 Å². The van der Waals surface area contributed by atoms with E-state index in [1.807, 2.05) is 47.0 Å². The van der Waals surface area contributed by atoms with E-state index in [0.29, 0.717) is 0 Å². The van der Waals surface area contributed by atoms with Crippen molar-refractivity contribution < 1.29 is 6.85 Å². The summed E-state index contributed by atoms with van der Waals surface area (Å²) in [6.45, 7) is 0. The van der Waals surface area contributed by atoms with Crippen molar-refractivity contribution in [3.8, 4) is 123 Å². The van der Waals surface area contributed by atoms with Gasteiger partial charge < -0.3 is 18.3 Å². The lowest BCUT2D eigenvalue weighted by Gasteiger charge is -2.15. The van der Waals surface area contributed by atoms with E-state index in [9.17, 15) is 0 Å². The molecule has 0 atom stereocenters. The Morgan fingerprint density at radius 3 is 0.844 bits per heavy atom. The van der Waals surface area contributed by atoms with Crippen LogP contribution in [-0.4, -0.2) is 18.3 Å². The van der Waals surface area contributed by atoms with E-state index in [0.717, 1.165) is 44.1 Å². The smallest absolute Gasteiger partial charge is 0.0645 e. The van der Waals surface area contributed by atoms with Gasteiger partial charge in [-0.25, -0.2) is 0 Å². The molecule has 4 heteroatoms. The van der Waals surface area contributed by atoms with Gasteiger partial charge in [0.25, 0.3) is 0 Å². The number of hydrogen-bond donors (Lipinski definition) is 0. The van der Waals surface area contributed by atoms with E-state index >= 15 is 0 Å². The Morgan fingerprint density at radius 1 is 0.164 bits per heavy atom. The molecule has 29 rings (SSSR count). The molecule has 4 nitrogen and oxygen atoms in total. The van der Waals surface area contributed by atoms with Crippen LogP contribution >= 0.6 is 0 Å². The van der Waals surface area contributed by atoms with Crippen LogP contribution < -0.4 is 0 Å². The zero-order chi connectivity index (χ0) is 84.1. The predicted molar refractivity (Wildman–Crippen MR) is 516 cm³/mol. The van der Waals surface area contributed by atoms with Gasteiger partial charge in [-0.1, -0.05) is 364 Å². The van der Waals surface area contributed by atoms with Gasteiger partial charge in [0.05, 0.1) is 51.7 Å². The molecule has 4 aliphatic carbocycles. The maximum Gasteiger partial charge on any atom is 0.0645 e. The number of rotatable bonds is 5. The number of benzene rings is 21. The second kappa shape index (κ2) is 26.7. The Bertz CT molecular complexity index is 9010. The third kappa shape index (κ3) is 9.92. The van der Waals surface area contributed by atoms with Crippen LogP contribution in [0.1, 0.15) is 6.85 Å². The molecule has 4 heterocycles. The minimum atomic E-state index is -0.382. The quantitative estimate of drug-likeness (QED) is 0.153. The highest BCUT2D eigenvalue weighted by Gasteiger charge is 2.34. The molecular weight excluding hydrogens is 1470 g/mol. The lowest BCUT2D eigenvalue weighted by atomic mass is 9.94. The minimum absolute atomic E-state index is 0.184. The van der Waals surface area contributed by atoms with Gasteiger partial charge >= 0.3 is 0 Å². The second-order valence-corrected chi connectivity index (χ2v) is 32.4. The van der Waals surface area contributed by atoms with E-state index < -0.39 is 0 Å². The van der Waals surface area contributed by atoms with E-state index in [1.165, 1.54) is 203 Å². The molecule has 25 aromatic rings. The van der Waals surface area contributed by atoms with E-state index in [-0.39, 0.29) is 35.9 Å². The maximum absolute atomic E-state index is 8.56. The molecule has 122 heavy (non-hydrogen) atoms. The first-order valence-corrected chi connectivity index (χ1v) is 41.9. The molecule has 0 amide bonds. The van der Waals surface area contributed by atoms with Crippen LogP contribution in [0.25, 0.3) is 253 Å². The summed E-state index contributed by atoms with van der Waals surface area (Å²) in [6, 6.07) is 145. The standard InChI is InChI=1S/C36H21N.C30H19N.C28H17N.C24H15N/c1-2-13-26-24(11-1)25-12-3-4-14-27(25)32-21-23(19-20-28(26)32)37-33-18-6-5-15-29(33)35-30-16-7-9-22-10-8-17-31(34(22)30)36(35)37;1-2-8-20(9-3-1)21-16-18-23(19-17-21)31-27-15-5-4-12-24(27)29-25-13-6-10-22-11-7-14-26(28(22)25)30(29)31;1-2-8-20-17-21(16-15-18(20)7-1)29-25-14-4-3-11-22(25)27-23-12-5-9-19-10-6-13-24(26(19)23)28(27)29;1-2-10-17(11-3-1)25-21-15-5-4-12-18(21)23-19-13-6-8-16-9-7-14-20(22(16)19)24(23)25/h1-21H;1-19H;1-17H;1-15H/i;;;1D,2D,3D,10D,11D. The van der Waals surface area contributed by atoms with Gasteiger partial charge in [0.2, 0.25) is 0 Å². The van der Waals surface area contributed by atoms with E-state index in [4.69, 9.17) is 6.85 Å². The van der Waals surface area contributed by atoms with Gasteiger partial charge in [-0.3, -0.25) is 0 Å². The van der Waals surface area contributed by atoms with Crippen molar-refractivity contribution in [1.29, 1.82) is 0 Å². The molecular formula is C118H72N4. The first-order valence-electron chi connectivity index (χ1n) is 44.4. The van der Waals surface area contributed by atoms with Gasteiger partial charge in [0.15, 0.2) is 0 Å². The zero-order valence-corrected chi connectivity index (χ0v) is 66.0. The van der Waals surface area contributed by atoms with Crippen molar-refractivity contribution in [2.75, 3.05) is 0 Å².